The van der Waals surface area contributed by atoms with E-state index in [2.05, 4.69) is 24.5 Å². The first-order chi connectivity index (χ1) is 13.1. The van der Waals surface area contributed by atoms with Crippen molar-refractivity contribution in [1.82, 2.24) is 0 Å². The van der Waals surface area contributed by atoms with Gasteiger partial charge in [-0.25, -0.2) is 0 Å². The van der Waals surface area contributed by atoms with Gasteiger partial charge in [0.25, 0.3) is 0 Å². The molecule has 0 fully saturated rings. The van der Waals surface area contributed by atoms with Gasteiger partial charge >= 0.3 is 0 Å². The van der Waals surface area contributed by atoms with Crippen molar-refractivity contribution in [2.24, 2.45) is 0 Å². The van der Waals surface area contributed by atoms with Gasteiger partial charge in [0, 0.05) is 41.2 Å². The van der Waals surface area contributed by atoms with E-state index in [9.17, 15) is 9.59 Å². The number of benzene rings is 2. The maximum atomic E-state index is 13.4. The molecule has 0 aliphatic heterocycles. The molecule has 0 amide bonds. The van der Waals surface area contributed by atoms with E-state index in [1.54, 1.807) is 6.07 Å². The Balaban J connectivity index is 2.40. The molecule has 0 atom stereocenters. The Morgan fingerprint density at radius 2 is 1.52 bits per heavy atom. The first kappa shape index (κ1) is 20.7. The van der Waals surface area contributed by atoms with Crippen LogP contribution in [0.3, 0.4) is 0 Å². The number of rotatable bonds is 11. The van der Waals surface area contributed by atoms with Crippen LogP contribution < -0.4 is 10.6 Å². The number of carbonyl (C=O) groups is 2. The molecule has 27 heavy (non-hydrogen) atoms. The highest BCUT2D eigenvalue weighted by molar-refractivity contribution is 6.17. The molecule has 0 saturated heterocycles. The zero-order chi connectivity index (χ0) is 19.6. The van der Waals surface area contributed by atoms with Gasteiger partial charge in [-0.1, -0.05) is 51.0 Å². The van der Waals surface area contributed by atoms with Crippen molar-refractivity contribution in [2.75, 3.05) is 23.7 Å². The van der Waals surface area contributed by atoms with Crippen LogP contribution in [0, 0.1) is 6.92 Å². The van der Waals surface area contributed by atoms with E-state index in [-0.39, 0.29) is 5.78 Å². The zero-order valence-electron chi connectivity index (χ0n) is 16.6. The lowest BCUT2D eigenvalue weighted by Crippen LogP contribution is -2.14. The molecule has 0 aliphatic carbocycles. The van der Waals surface area contributed by atoms with E-state index < -0.39 is 0 Å². The molecule has 0 aromatic heterocycles. The summed E-state index contributed by atoms with van der Waals surface area (Å²) in [6, 6.07) is 11.2. The molecule has 4 nitrogen and oxygen atoms in total. The van der Waals surface area contributed by atoms with Crippen LogP contribution in [0.15, 0.2) is 36.4 Å². The number of ketones is 1. The Kier molecular flexibility index (Phi) is 8.05. The molecule has 2 aromatic rings. The first-order valence-corrected chi connectivity index (χ1v) is 9.84. The van der Waals surface area contributed by atoms with Crippen LogP contribution >= 0.6 is 0 Å². The van der Waals surface area contributed by atoms with Gasteiger partial charge in [-0.05, 0) is 37.5 Å². The number of anilines is 2. The van der Waals surface area contributed by atoms with Crippen molar-refractivity contribution in [1.29, 1.82) is 0 Å². The topological polar surface area (TPSA) is 58.2 Å². The van der Waals surface area contributed by atoms with Crippen molar-refractivity contribution in [3.05, 3.63) is 58.7 Å². The predicted octanol–water partition coefficient (Wildman–Crippen LogP) is 5.46. The van der Waals surface area contributed by atoms with Crippen LogP contribution in [-0.4, -0.2) is 25.2 Å². The fraction of sp³-hybridized carbons (Fsp3) is 0.391. The Hall–Kier alpha value is -2.62. The maximum Gasteiger partial charge on any atom is 0.196 e. The highest BCUT2D eigenvalue weighted by Crippen LogP contribution is 2.27. The Bertz CT molecular complexity index is 784. The van der Waals surface area contributed by atoms with E-state index >= 15 is 0 Å². The molecule has 2 N–H and O–H groups in total. The van der Waals surface area contributed by atoms with Gasteiger partial charge in [-0.2, -0.15) is 0 Å². The van der Waals surface area contributed by atoms with Crippen molar-refractivity contribution >= 4 is 23.4 Å². The lowest BCUT2D eigenvalue weighted by atomic mass is 9.93. The van der Waals surface area contributed by atoms with Crippen LogP contribution in [0.25, 0.3) is 0 Å². The van der Waals surface area contributed by atoms with E-state index in [1.807, 2.05) is 37.3 Å². The van der Waals surface area contributed by atoms with Crippen molar-refractivity contribution in [3.8, 4) is 0 Å². The third kappa shape index (κ3) is 5.19. The fourth-order valence-corrected chi connectivity index (χ4v) is 3.10. The second-order valence-electron chi connectivity index (χ2n) is 6.77. The minimum atomic E-state index is -0.117. The van der Waals surface area contributed by atoms with E-state index in [4.69, 9.17) is 0 Å². The lowest BCUT2D eigenvalue weighted by molar-refractivity contribution is 0.103. The number of aldehydes is 1. The van der Waals surface area contributed by atoms with Crippen LogP contribution in [-0.2, 0) is 0 Å². The Morgan fingerprint density at radius 1 is 0.926 bits per heavy atom. The van der Waals surface area contributed by atoms with Crippen molar-refractivity contribution in [2.45, 2.75) is 46.5 Å². The summed E-state index contributed by atoms with van der Waals surface area (Å²) in [7, 11) is 0. The van der Waals surface area contributed by atoms with E-state index in [0.717, 1.165) is 62.0 Å². The van der Waals surface area contributed by atoms with Crippen molar-refractivity contribution in [3.63, 3.8) is 0 Å². The largest absolute Gasteiger partial charge is 0.384 e. The second kappa shape index (κ2) is 10.5. The number of aryl methyl sites for hydroxylation is 1. The summed E-state index contributed by atoms with van der Waals surface area (Å²) in [5.41, 5.74) is 3.97. The summed E-state index contributed by atoms with van der Waals surface area (Å²) < 4.78 is 0. The van der Waals surface area contributed by atoms with Crippen LogP contribution in [0.1, 0.15) is 71.4 Å². The third-order valence-corrected chi connectivity index (χ3v) is 4.66. The highest BCUT2D eigenvalue weighted by Gasteiger charge is 2.20. The van der Waals surface area contributed by atoms with Crippen LogP contribution in [0.4, 0.5) is 11.4 Å². The number of hydrogen-bond donors (Lipinski definition) is 2. The number of carbonyl (C=O) groups excluding carboxylic acids is 2. The van der Waals surface area contributed by atoms with Crippen LogP contribution in [0.5, 0.6) is 0 Å². The molecule has 0 aliphatic rings. The molecule has 0 heterocycles. The molecule has 0 bridgehead atoms. The zero-order valence-corrected chi connectivity index (χ0v) is 16.6. The molecular formula is C23H30N2O2. The predicted molar refractivity (Wildman–Crippen MR) is 113 cm³/mol. The summed E-state index contributed by atoms with van der Waals surface area (Å²) in [6.45, 7) is 7.79. The summed E-state index contributed by atoms with van der Waals surface area (Å²) in [5.74, 6) is -0.117. The smallest absolute Gasteiger partial charge is 0.196 e. The SMILES string of the molecule is CCCCNc1cccc(C(=O)c2c(C)cccc2NCCCC)c1C=O. The minimum absolute atomic E-state index is 0.117. The summed E-state index contributed by atoms with van der Waals surface area (Å²) in [6.07, 6.45) is 4.99. The standard InChI is InChI=1S/C23H30N2O2/c1-4-6-14-24-20-12-9-11-18(19(20)16-26)23(27)22-17(3)10-8-13-21(22)25-15-7-5-2/h8-13,16,24-25H,4-7,14-15H2,1-3H3. The highest BCUT2D eigenvalue weighted by atomic mass is 16.1. The summed E-state index contributed by atoms with van der Waals surface area (Å²) in [5, 5.41) is 6.66. The minimum Gasteiger partial charge on any atom is -0.384 e. The van der Waals surface area contributed by atoms with Crippen molar-refractivity contribution < 1.29 is 9.59 Å². The number of hydrogen-bond acceptors (Lipinski definition) is 4. The van der Waals surface area contributed by atoms with Gasteiger partial charge in [-0.15, -0.1) is 0 Å². The van der Waals surface area contributed by atoms with Gasteiger partial charge in [0.1, 0.15) is 0 Å². The molecule has 0 unspecified atom stereocenters. The van der Waals surface area contributed by atoms with Gasteiger partial charge in [0.05, 0.1) is 0 Å². The van der Waals surface area contributed by atoms with Gasteiger partial charge in [0.15, 0.2) is 12.1 Å². The first-order valence-electron chi connectivity index (χ1n) is 9.84. The monoisotopic (exact) mass is 366 g/mol. The van der Waals surface area contributed by atoms with Gasteiger partial charge in [-0.3, -0.25) is 9.59 Å². The maximum absolute atomic E-state index is 13.4. The third-order valence-electron chi connectivity index (χ3n) is 4.66. The average molecular weight is 367 g/mol. The molecule has 0 radical (unpaired) electrons. The molecule has 2 rings (SSSR count). The number of nitrogens with one attached hydrogen (secondary N) is 2. The molecule has 2 aromatic carbocycles. The van der Waals surface area contributed by atoms with Gasteiger partial charge in [0.2, 0.25) is 0 Å². The van der Waals surface area contributed by atoms with Gasteiger partial charge < -0.3 is 10.6 Å². The Labute approximate surface area is 162 Å². The normalized spacial score (nSPS) is 10.5. The summed E-state index contributed by atoms with van der Waals surface area (Å²) in [4.78, 5) is 25.1. The lowest BCUT2D eigenvalue weighted by Gasteiger charge is -2.16. The average Bonchev–Trinajstić information content (AvgIpc) is 2.68. The fourth-order valence-electron chi connectivity index (χ4n) is 3.10. The summed E-state index contributed by atoms with van der Waals surface area (Å²) >= 11 is 0. The quantitative estimate of drug-likeness (QED) is 0.315. The van der Waals surface area contributed by atoms with Crippen LogP contribution in [0.2, 0.25) is 0 Å². The molecule has 4 heteroatoms. The molecule has 144 valence electrons. The molecular weight excluding hydrogens is 336 g/mol. The Morgan fingerprint density at radius 3 is 2.15 bits per heavy atom. The second-order valence-corrected chi connectivity index (χ2v) is 6.77. The number of unbranched alkanes of at least 4 members (excludes halogenated alkanes) is 2. The molecule has 0 spiro atoms. The van der Waals surface area contributed by atoms with E-state index in [1.165, 1.54) is 0 Å². The van der Waals surface area contributed by atoms with E-state index in [0.29, 0.717) is 16.7 Å². The molecule has 0 saturated carbocycles.